The lowest BCUT2D eigenvalue weighted by Crippen LogP contribution is -2.32. The molecule has 5 nitrogen and oxygen atoms in total. The number of aryl methyl sites for hydroxylation is 1. The topological polar surface area (TPSA) is 58.6 Å². The summed E-state index contributed by atoms with van der Waals surface area (Å²) in [6.45, 7) is 4.26. The van der Waals surface area contributed by atoms with Gasteiger partial charge in [0.25, 0.3) is 0 Å². The Morgan fingerprint density at radius 1 is 1.53 bits per heavy atom. The fraction of sp³-hybridized carbons (Fsp3) is 0.538. The zero-order chi connectivity index (χ0) is 14.0. The lowest BCUT2D eigenvalue weighted by Gasteiger charge is -2.22. The molecule has 2 rings (SSSR count). The number of methoxy groups -OCH3 is 1. The van der Waals surface area contributed by atoms with Crippen LogP contribution in [0, 0.1) is 6.92 Å². The molecule has 1 fully saturated rings. The van der Waals surface area contributed by atoms with Gasteiger partial charge in [-0.2, -0.15) is 0 Å². The smallest absolute Gasteiger partial charge is 0.307 e. The highest BCUT2D eigenvalue weighted by Gasteiger charge is 2.37. The molecular weight excluding hydrogens is 264 g/mol. The molecule has 6 heteroatoms. The molecule has 1 saturated heterocycles. The van der Waals surface area contributed by atoms with Crippen molar-refractivity contribution in [1.82, 2.24) is 10.2 Å². The Bertz CT molecular complexity index is 486. The minimum absolute atomic E-state index is 0.0277. The van der Waals surface area contributed by atoms with E-state index in [4.69, 9.17) is 0 Å². The Labute approximate surface area is 116 Å². The molecule has 0 radical (unpaired) electrons. The van der Waals surface area contributed by atoms with E-state index in [0.29, 0.717) is 6.54 Å². The third kappa shape index (κ3) is 2.96. The van der Waals surface area contributed by atoms with E-state index in [1.165, 1.54) is 12.0 Å². The van der Waals surface area contributed by atoms with Crippen molar-refractivity contribution in [2.24, 2.45) is 0 Å². The highest BCUT2D eigenvalue weighted by molar-refractivity contribution is 7.12. The van der Waals surface area contributed by atoms with Gasteiger partial charge in [-0.1, -0.05) is 0 Å². The molecule has 0 bridgehead atoms. The summed E-state index contributed by atoms with van der Waals surface area (Å²) in [6, 6.07) is 3.84. The summed E-state index contributed by atoms with van der Waals surface area (Å²) in [4.78, 5) is 27.4. The molecule has 1 N–H and O–H groups in total. The molecule has 1 aliphatic heterocycles. The third-order valence-electron chi connectivity index (χ3n) is 3.19. The number of rotatable bonds is 4. The number of ether oxygens (including phenoxy) is 1. The molecule has 0 saturated carbocycles. The van der Waals surface area contributed by atoms with Crippen LogP contribution < -0.4 is 5.32 Å². The highest BCUT2D eigenvalue weighted by atomic mass is 32.1. The molecule has 0 aromatic carbocycles. The largest absolute Gasteiger partial charge is 0.469 e. The quantitative estimate of drug-likeness (QED) is 0.849. The van der Waals surface area contributed by atoms with E-state index >= 15 is 0 Å². The summed E-state index contributed by atoms with van der Waals surface area (Å²) < 4.78 is 4.62. The predicted octanol–water partition coefficient (Wildman–Crippen LogP) is 1.44. The Kier molecular flexibility index (Phi) is 4.21. The van der Waals surface area contributed by atoms with Crippen LogP contribution >= 0.6 is 11.3 Å². The van der Waals surface area contributed by atoms with Gasteiger partial charge in [-0.05, 0) is 26.0 Å². The van der Waals surface area contributed by atoms with Gasteiger partial charge in [0.15, 0.2) is 0 Å². The van der Waals surface area contributed by atoms with Crippen molar-refractivity contribution >= 4 is 23.2 Å². The average molecular weight is 282 g/mol. The third-order valence-corrected chi connectivity index (χ3v) is 4.24. The van der Waals surface area contributed by atoms with Crippen molar-refractivity contribution in [2.75, 3.05) is 13.7 Å². The van der Waals surface area contributed by atoms with Gasteiger partial charge in [0, 0.05) is 16.3 Å². The maximum atomic E-state index is 12.1. The zero-order valence-electron chi connectivity index (χ0n) is 11.3. The summed E-state index contributed by atoms with van der Waals surface area (Å²) in [5, 5.41) is 3.26. The van der Waals surface area contributed by atoms with Crippen molar-refractivity contribution < 1.29 is 14.3 Å². The number of nitrogens with one attached hydrogen (secondary N) is 1. The minimum Gasteiger partial charge on any atom is -0.469 e. The van der Waals surface area contributed by atoms with Crippen molar-refractivity contribution in [3.63, 3.8) is 0 Å². The molecule has 2 unspecified atom stereocenters. The number of hydrogen-bond donors (Lipinski definition) is 1. The van der Waals surface area contributed by atoms with Crippen LogP contribution in [0.5, 0.6) is 0 Å². The molecular formula is C13H18N2O3S. The zero-order valence-corrected chi connectivity index (χ0v) is 12.1. The van der Waals surface area contributed by atoms with Crippen LogP contribution in [0.15, 0.2) is 12.1 Å². The second kappa shape index (κ2) is 5.71. The molecule has 104 valence electrons. The first-order valence-electron chi connectivity index (χ1n) is 6.22. The van der Waals surface area contributed by atoms with Gasteiger partial charge in [0.1, 0.15) is 6.17 Å². The summed E-state index contributed by atoms with van der Waals surface area (Å²) in [6.07, 6.45) is 0.0863. The van der Waals surface area contributed by atoms with Crippen molar-refractivity contribution in [1.29, 1.82) is 0 Å². The first kappa shape index (κ1) is 14.0. The summed E-state index contributed by atoms with van der Waals surface area (Å²) >= 11 is 1.66. The SMILES string of the molecule is COC(=O)CCN1C(=O)C(C)NC1c1ccc(C)s1. The van der Waals surface area contributed by atoms with E-state index in [2.05, 4.69) is 10.1 Å². The van der Waals surface area contributed by atoms with Gasteiger partial charge in [0.2, 0.25) is 5.91 Å². The lowest BCUT2D eigenvalue weighted by molar-refractivity contribution is -0.141. The number of thiophene rings is 1. The summed E-state index contributed by atoms with van der Waals surface area (Å²) in [5.74, 6) is -0.270. The average Bonchev–Trinajstić information content (AvgIpc) is 2.93. The van der Waals surface area contributed by atoms with Crippen LogP contribution in [0.3, 0.4) is 0 Å². The number of nitrogens with zero attached hydrogens (tertiary/aromatic N) is 1. The van der Waals surface area contributed by atoms with Gasteiger partial charge in [-0.25, -0.2) is 0 Å². The van der Waals surface area contributed by atoms with E-state index in [1.807, 2.05) is 26.0 Å². The van der Waals surface area contributed by atoms with Gasteiger partial charge in [-0.3, -0.25) is 14.9 Å². The van der Waals surface area contributed by atoms with Crippen LogP contribution in [0.25, 0.3) is 0 Å². The molecule has 19 heavy (non-hydrogen) atoms. The van der Waals surface area contributed by atoms with E-state index in [1.54, 1.807) is 16.2 Å². The molecule has 0 spiro atoms. The normalized spacial score (nSPS) is 22.9. The van der Waals surface area contributed by atoms with Crippen LogP contribution in [-0.2, 0) is 14.3 Å². The van der Waals surface area contributed by atoms with Crippen LogP contribution in [0.2, 0.25) is 0 Å². The Hall–Kier alpha value is -1.40. The molecule has 1 aromatic heterocycles. The van der Waals surface area contributed by atoms with Crippen LogP contribution in [0.4, 0.5) is 0 Å². The molecule has 1 amide bonds. The Morgan fingerprint density at radius 3 is 2.84 bits per heavy atom. The molecule has 0 aliphatic carbocycles. The van der Waals surface area contributed by atoms with E-state index in [9.17, 15) is 9.59 Å². The first-order chi connectivity index (χ1) is 9.02. The number of carbonyl (C=O) groups excluding carboxylic acids is 2. The standard InChI is InChI=1S/C13H18N2O3S/c1-8-4-5-10(19-8)12-14-9(2)13(17)15(12)7-6-11(16)18-3/h4-5,9,12,14H,6-7H2,1-3H3. The maximum Gasteiger partial charge on any atom is 0.307 e. The van der Waals surface area contributed by atoms with E-state index in [0.717, 1.165) is 4.88 Å². The molecule has 2 atom stereocenters. The first-order valence-corrected chi connectivity index (χ1v) is 7.04. The van der Waals surface area contributed by atoms with Crippen molar-refractivity contribution in [3.05, 3.63) is 21.9 Å². The number of hydrogen-bond acceptors (Lipinski definition) is 5. The van der Waals surface area contributed by atoms with E-state index < -0.39 is 0 Å². The minimum atomic E-state index is -0.298. The monoisotopic (exact) mass is 282 g/mol. The highest BCUT2D eigenvalue weighted by Crippen LogP contribution is 2.30. The fourth-order valence-corrected chi connectivity index (χ4v) is 3.11. The predicted molar refractivity (Wildman–Crippen MR) is 72.7 cm³/mol. The Balaban J connectivity index is 2.12. The van der Waals surface area contributed by atoms with Gasteiger partial charge < -0.3 is 9.64 Å². The fourth-order valence-electron chi connectivity index (χ4n) is 2.16. The second-order valence-electron chi connectivity index (χ2n) is 4.60. The van der Waals surface area contributed by atoms with Crippen LogP contribution in [0.1, 0.15) is 29.3 Å². The van der Waals surface area contributed by atoms with Gasteiger partial charge in [0.05, 0.1) is 19.6 Å². The van der Waals surface area contributed by atoms with Crippen LogP contribution in [-0.4, -0.2) is 36.5 Å². The molecule has 1 aliphatic rings. The Morgan fingerprint density at radius 2 is 2.26 bits per heavy atom. The van der Waals surface area contributed by atoms with Gasteiger partial charge >= 0.3 is 5.97 Å². The number of esters is 1. The number of amides is 1. The molecule has 2 heterocycles. The van der Waals surface area contributed by atoms with Gasteiger partial charge in [-0.15, -0.1) is 11.3 Å². The lowest BCUT2D eigenvalue weighted by atomic mass is 10.3. The maximum absolute atomic E-state index is 12.1. The number of carbonyl (C=O) groups is 2. The summed E-state index contributed by atoms with van der Waals surface area (Å²) in [7, 11) is 1.36. The summed E-state index contributed by atoms with van der Waals surface area (Å²) in [5.41, 5.74) is 0. The molecule has 1 aromatic rings. The van der Waals surface area contributed by atoms with Crippen molar-refractivity contribution in [2.45, 2.75) is 32.5 Å². The second-order valence-corrected chi connectivity index (χ2v) is 5.92. The van der Waals surface area contributed by atoms with Crippen molar-refractivity contribution in [3.8, 4) is 0 Å². The van der Waals surface area contributed by atoms with E-state index in [-0.39, 0.29) is 30.5 Å².